The average Bonchev–Trinajstić information content (AvgIpc) is 3.03. The molecular weight excluding hydrogens is 289 g/mol. The van der Waals surface area contributed by atoms with Crippen molar-refractivity contribution in [3.63, 3.8) is 0 Å². The molecule has 0 amide bonds. The Morgan fingerprint density at radius 1 is 1.43 bits per heavy atom. The molecule has 0 N–H and O–H groups in total. The van der Waals surface area contributed by atoms with Gasteiger partial charge in [0.2, 0.25) is 5.78 Å². The molecule has 5 heteroatoms. The summed E-state index contributed by atoms with van der Waals surface area (Å²) in [5, 5.41) is 0. The van der Waals surface area contributed by atoms with Crippen LogP contribution in [0, 0.1) is 13.0 Å². The quantitative estimate of drug-likeness (QED) is 0.794. The van der Waals surface area contributed by atoms with E-state index in [0.29, 0.717) is 27.4 Å². The molecule has 3 nitrogen and oxygen atoms in total. The fourth-order valence-corrected chi connectivity index (χ4v) is 3.28. The molecule has 1 aromatic rings. The van der Waals surface area contributed by atoms with Crippen molar-refractivity contribution in [1.82, 2.24) is 0 Å². The lowest BCUT2D eigenvalue weighted by molar-refractivity contribution is 0.102. The molecule has 0 aromatic carbocycles. The molecule has 0 saturated carbocycles. The molecule has 0 spiro atoms. The number of ketones is 1. The molecule has 1 radical (unpaired) electrons. The van der Waals surface area contributed by atoms with Gasteiger partial charge in [-0.05, 0) is 26.0 Å². The molecule has 1 aliphatic heterocycles. The highest BCUT2D eigenvalue weighted by atomic mass is 32.1. The molecule has 3 rings (SSSR count). The second kappa shape index (κ2) is 5.07. The zero-order valence-electron chi connectivity index (χ0n) is 11.9. The topological polar surface area (TPSA) is 38.7 Å². The summed E-state index contributed by atoms with van der Waals surface area (Å²) in [7, 11) is 1.37. The lowest BCUT2D eigenvalue weighted by atomic mass is 9.91. The third-order valence-electron chi connectivity index (χ3n) is 3.38. The molecule has 1 aliphatic carbocycles. The van der Waals surface area contributed by atoms with Crippen LogP contribution in [0.1, 0.15) is 27.9 Å². The van der Waals surface area contributed by atoms with Crippen LogP contribution in [0.3, 0.4) is 0 Å². The number of carbonyl (C=O) groups is 1. The molecule has 0 saturated heterocycles. The first-order chi connectivity index (χ1) is 10.0. The predicted molar refractivity (Wildman–Crippen MR) is 80.0 cm³/mol. The minimum Gasteiger partial charge on any atom is -0.493 e. The second-order valence-electron chi connectivity index (χ2n) is 4.89. The SMILES string of the molecule is COC1=C(C(=O)c2ccc(C)s2)CC2=NC(C)=[C]C2=C1F. The van der Waals surface area contributed by atoms with Gasteiger partial charge in [0.05, 0.1) is 23.3 Å². The first-order valence-electron chi connectivity index (χ1n) is 6.48. The van der Waals surface area contributed by atoms with Crippen LogP contribution < -0.4 is 0 Å². The summed E-state index contributed by atoms with van der Waals surface area (Å²) in [6.07, 6.45) is 3.14. The molecule has 21 heavy (non-hydrogen) atoms. The van der Waals surface area contributed by atoms with Gasteiger partial charge in [0.25, 0.3) is 0 Å². The number of Topliss-reactive ketones (excluding diaryl/α,β-unsaturated/α-hetero) is 1. The number of allylic oxidation sites excluding steroid dienone is 5. The summed E-state index contributed by atoms with van der Waals surface area (Å²) in [6.45, 7) is 3.68. The molecule has 0 atom stereocenters. The Morgan fingerprint density at radius 3 is 2.81 bits per heavy atom. The van der Waals surface area contributed by atoms with E-state index in [-0.39, 0.29) is 18.0 Å². The standard InChI is InChI=1S/C16H13FNO2S/c1-8-6-10-12(18-8)7-11(16(20-3)14(10)17)15(19)13-5-4-9(2)21-13/h4-5H,7H2,1-3H3. The van der Waals surface area contributed by atoms with Gasteiger partial charge in [-0.2, -0.15) is 0 Å². The Labute approximate surface area is 126 Å². The molecule has 0 bridgehead atoms. The van der Waals surface area contributed by atoms with Crippen LogP contribution in [0.5, 0.6) is 0 Å². The van der Waals surface area contributed by atoms with E-state index in [9.17, 15) is 9.18 Å². The van der Waals surface area contributed by atoms with Gasteiger partial charge in [-0.3, -0.25) is 9.79 Å². The Kier molecular flexibility index (Phi) is 3.37. The molecule has 2 heterocycles. The van der Waals surface area contributed by atoms with Crippen molar-refractivity contribution in [1.29, 1.82) is 0 Å². The van der Waals surface area contributed by atoms with Gasteiger partial charge in [0.15, 0.2) is 11.6 Å². The fraction of sp³-hybridized carbons (Fsp3) is 0.250. The number of aryl methyl sites for hydroxylation is 1. The lowest BCUT2D eigenvalue weighted by Gasteiger charge is -2.18. The van der Waals surface area contributed by atoms with E-state index >= 15 is 0 Å². The summed E-state index contributed by atoms with van der Waals surface area (Å²) in [5.41, 5.74) is 1.79. The minimum absolute atomic E-state index is 0.00204. The first-order valence-corrected chi connectivity index (χ1v) is 7.30. The summed E-state index contributed by atoms with van der Waals surface area (Å²) < 4.78 is 19.6. The minimum atomic E-state index is -0.559. The van der Waals surface area contributed by atoms with Gasteiger partial charge in [0, 0.05) is 28.6 Å². The Balaban J connectivity index is 2.08. The highest BCUT2D eigenvalue weighted by molar-refractivity contribution is 7.14. The van der Waals surface area contributed by atoms with Crippen LogP contribution in [0.25, 0.3) is 0 Å². The predicted octanol–water partition coefficient (Wildman–Crippen LogP) is 3.93. The van der Waals surface area contributed by atoms with Crippen molar-refractivity contribution in [2.45, 2.75) is 20.3 Å². The molecule has 0 unspecified atom stereocenters. The van der Waals surface area contributed by atoms with Crippen LogP contribution in [-0.4, -0.2) is 18.6 Å². The van der Waals surface area contributed by atoms with Crippen LogP contribution in [0.15, 0.2) is 45.6 Å². The number of aliphatic imine (C=N–C) groups is 1. The maximum absolute atomic E-state index is 14.5. The van der Waals surface area contributed by atoms with Gasteiger partial charge in [-0.25, -0.2) is 4.39 Å². The number of carbonyl (C=O) groups excluding carboxylic acids is 1. The smallest absolute Gasteiger partial charge is 0.203 e. The number of hydrogen-bond donors (Lipinski definition) is 0. The molecular formula is C16H13FNO2S. The third-order valence-corrected chi connectivity index (χ3v) is 4.38. The molecule has 2 aliphatic rings. The monoisotopic (exact) mass is 302 g/mol. The summed E-state index contributed by atoms with van der Waals surface area (Å²) >= 11 is 1.39. The number of thiophene rings is 1. The van der Waals surface area contributed by atoms with Crippen molar-refractivity contribution in [3.05, 3.63) is 56.4 Å². The molecule has 1 aromatic heterocycles. The van der Waals surface area contributed by atoms with Gasteiger partial charge < -0.3 is 4.74 Å². The number of fused-ring (bicyclic) bond motifs is 1. The fourth-order valence-electron chi connectivity index (χ4n) is 2.44. The maximum atomic E-state index is 14.5. The maximum Gasteiger partial charge on any atom is 0.203 e. The highest BCUT2D eigenvalue weighted by Gasteiger charge is 2.33. The largest absolute Gasteiger partial charge is 0.493 e. The van der Waals surface area contributed by atoms with Crippen molar-refractivity contribution in [2.24, 2.45) is 4.99 Å². The second-order valence-corrected chi connectivity index (χ2v) is 6.17. The van der Waals surface area contributed by atoms with Crippen LogP contribution in [0.4, 0.5) is 4.39 Å². The zero-order chi connectivity index (χ0) is 15.1. The van der Waals surface area contributed by atoms with E-state index in [1.807, 2.05) is 13.0 Å². The van der Waals surface area contributed by atoms with Crippen LogP contribution >= 0.6 is 11.3 Å². The number of rotatable bonds is 3. The van der Waals surface area contributed by atoms with Crippen molar-refractivity contribution in [3.8, 4) is 0 Å². The van der Waals surface area contributed by atoms with E-state index in [2.05, 4.69) is 11.1 Å². The average molecular weight is 302 g/mol. The highest BCUT2D eigenvalue weighted by Crippen LogP contribution is 2.36. The zero-order valence-corrected chi connectivity index (χ0v) is 12.7. The van der Waals surface area contributed by atoms with Crippen molar-refractivity contribution >= 4 is 22.8 Å². The molecule has 0 fully saturated rings. The van der Waals surface area contributed by atoms with E-state index in [0.717, 1.165) is 4.88 Å². The Hall–Kier alpha value is -2.01. The van der Waals surface area contributed by atoms with Crippen molar-refractivity contribution < 1.29 is 13.9 Å². The van der Waals surface area contributed by atoms with Crippen LogP contribution in [0.2, 0.25) is 0 Å². The van der Waals surface area contributed by atoms with E-state index in [1.54, 1.807) is 13.0 Å². The number of methoxy groups -OCH3 is 1. The van der Waals surface area contributed by atoms with E-state index < -0.39 is 5.83 Å². The first kappa shape index (κ1) is 13.9. The van der Waals surface area contributed by atoms with E-state index in [4.69, 9.17) is 4.74 Å². The van der Waals surface area contributed by atoms with Crippen LogP contribution in [-0.2, 0) is 4.74 Å². The third kappa shape index (κ3) is 2.27. The summed E-state index contributed by atoms with van der Waals surface area (Å²) in [6, 6.07) is 3.63. The number of hydrogen-bond acceptors (Lipinski definition) is 4. The normalized spacial score (nSPS) is 17.7. The van der Waals surface area contributed by atoms with Gasteiger partial charge >= 0.3 is 0 Å². The van der Waals surface area contributed by atoms with Gasteiger partial charge in [-0.1, -0.05) is 0 Å². The summed E-state index contributed by atoms with van der Waals surface area (Å²) in [5.74, 6) is -0.760. The van der Waals surface area contributed by atoms with E-state index in [1.165, 1.54) is 18.4 Å². The lowest BCUT2D eigenvalue weighted by Crippen LogP contribution is -2.18. The van der Waals surface area contributed by atoms with Gasteiger partial charge in [0.1, 0.15) is 0 Å². The van der Waals surface area contributed by atoms with Crippen molar-refractivity contribution in [2.75, 3.05) is 7.11 Å². The van der Waals surface area contributed by atoms with Gasteiger partial charge in [-0.15, -0.1) is 11.3 Å². The number of nitrogens with zero attached hydrogens (tertiary/aromatic N) is 1. The number of ether oxygens (including phenoxy) is 1. The number of halogens is 1. The molecule has 107 valence electrons. The Morgan fingerprint density at radius 2 is 2.19 bits per heavy atom. The Bertz CT molecular complexity index is 765. The summed E-state index contributed by atoms with van der Waals surface area (Å²) in [4.78, 5) is 18.5.